The molecule has 0 aliphatic carbocycles. The van der Waals surface area contributed by atoms with Crippen molar-refractivity contribution in [2.75, 3.05) is 19.0 Å². The van der Waals surface area contributed by atoms with Crippen LogP contribution in [-0.2, 0) is 17.9 Å². The first-order chi connectivity index (χ1) is 13.0. The number of fused-ring (bicyclic) bond motifs is 1. The first kappa shape index (κ1) is 18.6. The van der Waals surface area contributed by atoms with Crippen molar-refractivity contribution in [2.24, 2.45) is 0 Å². The summed E-state index contributed by atoms with van der Waals surface area (Å²) in [5, 5.41) is 2.92. The van der Waals surface area contributed by atoms with Gasteiger partial charge in [0, 0.05) is 39.3 Å². The third kappa shape index (κ3) is 4.34. The van der Waals surface area contributed by atoms with Gasteiger partial charge in [-0.25, -0.2) is 4.98 Å². The molecule has 1 amide bonds. The summed E-state index contributed by atoms with van der Waals surface area (Å²) in [6.45, 7) is 2.49. The molecule has 0 atom stereocenters. The van der Waals surface area contributed by atoms with E-state index in [4.69, 9.17) is 0 Å². The van der Waals surface area contributed by atoms with Gasteiger partial charge in [0.25, 0.3) is 5.56 Å². The van der Waals surface area contributed by atoms with Crippen LogP contribution in [0.4, 0.5) is 5.69 Å². The van der Waals surface area contributed by atoms with Gasteiger partial charge >= 0.3 is 0 Å². The third-order valence-corrected chi connectivity index (χ3v) is 4.52. The van der Waals surface area contributed by atoms with Gasteiger partial charge in [0.1, 0.15) is 5.69 Å². The molecule has 3 rings (SSSR count). The molecule has 0 radical (unpaired) electrons. The summed E-state index contributed by atoms with van der Waals surface area (Å²) in [4.78, 5) is 31.0. The zero-order valence-corrected chi connectivity index (χ0v) is 15.9. The van der Waals surface area contributed by atoms with Gasteiger partial charge in [0.15, 0.2) is 0 Å². The summed E-state index contributed by atoms with van der Waals surface area (Å²) in [6, 6.07) is 15.5. The molecule has 0 fully saturated rings. The standard InChI is InChI=1S/C21H24N4O2/c1-15-21(27)25(19-7-5-4-6-18(19)23-15)13-12-20(26)22-14-16-8-10-17(11-9-16)24(2)3/h4-11H,12-14H2,1-3H3,(H,22,26). The van der Waals surface area contributed by atoms with Gasteiger partial charge in [0.05, 0.1) is 11.0 Å². The van der Waals surface area contributed by atoms with Crippen LogP contribution in [-0.4, -0.2) is 29.6 Å². The Balaban J connectivity index is 1.63. The number of nitrogens with zero attached hydrogens (tertiary/aromatic N) is 3. The number of aryl methyl sites for hydroxylation is 2. The van der Waals surface area contributed by atoms with E-state index in [-0.39, 0.29) is 17.9 Å². The lowest BCUT2D eigenvalue weighted by Gasteiger charge is -2.13. The van der Waals surface area contributed by atoms with Gasteiger partial charge in [-0.05, 0) is 36.8 Å². The largest absolute Gasteiger partial charge is 0.378 e. The molecule has 1 N–H and O–H groups in total. The van der Waals surface area contributed by atoms with Crippen molar-refractivity contribution < 1.29 is 4.79 Å². The average molecular weight is 364 g/mol. The summed E-state index contributed by atoms with van der Waals surface area (Å²) in [6.07, 6.45) is 0.239. The Labute approximate surface area is 158 Å². The van der Waals surface area contributed by atoms with Crippen LogP contribution >= 0.6 is 0 Å². The lowest BCUT2D eigenvalue weighted by Crippen LogP contribution is -2.28. The normalized spacial score (nSPS) is 10.8. The summed E-state index contributed by atoms with van der Waals surface area (Å²) < 4.78 is 1.63. The molecular formula is C21H24N4O2. The fourth-order valence-electron chi connectivity index (χ4n) is 2.96. The maximum absolute atomic E-state index is 12.4. The Bertz CT molecular complexity index is 1010. The molecule has 0 unspecified atom stereocenters. The van der Waals surface area contributed by atoms with Crippen LogP contribution in [0.1, 0.15) is 17.7 Å². The van der Waals surface area contributed by atoms with Crippen molar-refractivity contribution in [3.05, 3.63) is 70.1 Å². The van der Waals surface area contributed by atoms with Crippen LogP contribution in [0.2, 0.25) is 0 Å². The first-order valence-electron chi connectivity index (χ1n) is 8.95. The topological polar surface area (TPSA) is 67.2 Å². The van der Waals surface area contributed by atoms with Crippen molar-refractivity contribution >= 4 is 22.6 Å². The zero-order valence-electron chi connectivity index (χ0n) is 15.9. The second-order valence-electron chi connectivity index (χ2n) is 6.73. The molecule has 1 aromatic heterocycles. The van der Waals surface area contributed by atoms with E-state index >= 15 is 0 Å². The first-order valence-corrected chi connectivity index (χ1v) is 8.95. The highest BCUT2D eigenvalue weighted by Gasteiger charge is 2.09. The number of rotatable bonds is 6. The van der Waals surface area contributed by atoms with Gasteiger partial charge in [-0.3, -0.25) is 9.59 Å². The van der Waals surface area contributed by atoms with Crippen molar-refractivity contribution in [2.45, 2.75) is 26.4 Å². The van der Waals surface area contributed by atoms with Gasteiger partial charge < -0.3 is 14.8 Å². The van der Waals surface area contributed by atoms with Crippen molar-refractivity contribution in [1.82, 2.24) is 14.9 Å². The lowest BCUT2D eigenvalue weighted by molar-refractivity contribution is -0.121. The minimum Gasteiger partial charge on any atom is -0.378 e. The molecule has 0 bridgehead atoms. The van der Waals surface area contributed by atoms with Crippen LogP contribution in [0.15, 0.2) is 53.3 Å². The Morgan fingerprint density at radius 2 is 1.81 bits per heavy atom. The van der Waals surface area contributed by atoms with Crippen LogP contribution < -0.4 is 15.8 Å². The molecule has 0 aliphatic rings. The molecule has 140 valence electrons. The van der Waals surface area contributed by atoms with Gasteiger partial charge in [0.2, 0.25) is 5.91 Å². The molecule has 0 saturated heterocycles. The van der Waals surface area contributed by atoms with E-state index < -0.39 is 0 Å². The number of aromatic nitrogens is 2. The van der Waals surface area contributed by atoms with Crippen LogP contribution in [0.5, 0.6) is 0 Å². The molecule has 1 heterocycles. The van der Waals surface area contributed by atoms with Gasteiger partial charge in [-0.2, -0.15) is 0 Å². The molecule has 2 aromatic carbocycles. The molecule has 0 aliphatic heterocycles. The molecule has 6 heteroatoms. The van der Waals surface area contributed by atoms with Crippen LogP contribution in [0.25, 0.3) is 11.0 Å². The Morgan fingerprint density at radius 3 is 2.52 bits per heavy atom. The molecule has 0 spiro atoms. The fraction of sp³-hybridized carbons (Fsp3) is 0.286. The van der Waals surface area contributed by atoms with E-state index in [9.17, 15) is 9.59 Å². The summed E-state index contributed by atoms with van der Waals surface area (Å²) in [7, 11) is 3.98. The number of carbonyl (C=O) groups is 1. The SMILES string of the molecule is Cc1nc2ccccc2n(CCC(=O)NCc2ccc(N(C)C)cc2)c1=O. The number of para-hydroxylation sites is 2. The molecule has 3 aromatic rings. The van der Waals surface area contributed by atoms with Gasteiger partial charge in [-0.1, -0.05) is 24.3 Å². The second kappa shape index (κ2) is 8.03. The van der Waals surface area contributed by atoms with E-state index in [1.807, 2.05) is 67.5 Å². The number of hydrogen-bond acceptors (Lipinski definition) is 4. The minimum absolute atomic E-state index is 0.0860. The maximum Gasteiger partial charge on any atom is 0.272 e. The summed E-state index contributed by atoms with van der Waals surface area (Å²) in [5.41, 5.74) is 3.95. The average Bonchev–Trinajstić information content (AvgIpc) is 2.67. The number of benzene rings is 2. The predicted octanol–water partition coefficient (Wildman–Crippen LogP) is 2.48. The highest BCUT2D eigenvalue weighted by Crippen LogP contribution is 2.12. The number of anilines is 1. The monoisotopic (exact) mass is 364 g/mol. The van der Waals surface area contributed by atoms with Crippen LogP contribution in [0.3, 0.4) is 0 Å². The smallest absolute Gasteiger partial charge is 0.272 e. The van der Waals surface area contributed by atoms with Gasteiger partial charge in [-0.15, -0.1) is 0 Å². The van der Waals surface area contributed by atoms with E-state index in [1.165, 1.54) is 0 Å². The van der Waals surface area contributed by atoms with Crippen molar-refractivity contribution in [3.8, 4) is 0 Å². The van der Waals surface area contributed by atoms with Crippen LogP contribution in [0, 0.1) is 6.92 Å². The zero-order chi connectivity index (χ0) is 19.4. The van der Waals surface area contributed by atoms with E-state index in [0.29, 0.717) is 18.8 Å². The van der Waals surface area contributed by atoms with Crippen molar-refractivity contribution in [1.29, 1.82) is 0 Å². The number of nitrogens with one attached hydrogen (secondary N) is 1. The molecule has 27 heavy (non-hydrogen) atoms. The Hall–Kier alpha value is -3.15. The Morgan fingerprint density at radius 1 is 1.11 bits per heavy atom. The van der Waals surface area contributed by atoms with E-state index in [1.54, 1.807) is 11.5 Å². The number of amides is 1. The predicted molar refractivity (Wildman–Crippen MR) is 108 cm³/mol. The number of hydrogen-bond donors (Lipinski definition) is 1. The van der Waals surface area contributed by atoms with Crippen molar-refractivity contribution in [3.63, 3.8) is 0 Å². The highest BCUT2D eigenvalue weighted by atomic mass is 16.1. The summed E-state index contributed by atoms with van der Waals surface area (Å²) in [5.74, 6) is -0.0860. The summed E-state index contributed by atoms with van der Waals surface area (Å²) >= 11 is 0. The molecule has 6 nitrogen and oxygen atoms in total. The highest BCUT2D eigenvalue weighted by molar-refractivity contribution is 5.77. The third-order valence-electron chi connectivity index (χ3n) is 4.52. The minimum atomic E-state index is -0.152. The van der Waals surface area contributed by atoms with E-state index in [2.05, 4.69) is 10.3 Å². The quantitative estimate of drug-likeness (QED) is 0.730. The number of carbonyl (C=O) groups excluding carboxylic acids is 1. The molecular weight excluding hydrogens is 340 g/mol. The maximum atomic E-state index is 12.4. The lowest BCUT2D eigenvalue weighted by atomic mass is 10.2. The fourth-order valence-corrected chi connectivity index (χ4v) is 2.96. The Kier molecular flexibility index (Phi) is 5.54. The molecule has 0 saturated carbocycles. The second-order valence-corrected chi connectivity index (χ2v) is 6.73. The van der Waals surface area contributed by atoms with E-state index in [0.717, 1.165) is 22.3 Å².